The van der Waals surface area contributed by atoms with E-state index in [4.69, 9.17) is 0 Å². The molecule has 0 amide bonds. The van der Waals surface area contributed by atoms with Crippen LogP contribution >= 0.6 is 11.3 Å². The fourth-order valence-electron chi connectivity index (χ4n) is 3.01. The van der Waals surface area contributed by atoms with E-state index in [9.17, 15) is 0 Å². The lowest BCUT2D eigenvalue weighted by Gasteiger charge is -2.34. The monoisotopic (exact) mass is 264 g/mol. The van der Waals surface area contributed by atoms with E-state index >= 15 is 0 Å². The highest BCUT2D eigenvalue weighted by atomic mass is 32.1. The van der Waals surface area contributed by atoms with Crippen molar-refractivity contribution in [2.24, 2.45) is 5.92 Å². The number of piperidine rings is 1. The van der Waals surface area contributed by atoms with Crippen LogP contribution in [0.1, 0.15) is 38.2 Å². The number of thiophene rings is 1. The van der Waals surface area contributed by atoms with Crippen LogP contribution in [-0.4, -0.2) is 30.1 Å². The average Bonchev–Trinajstić information content (AvgIpc) is 3.10. The molecule has 0 aromatic carbocycles. The molecule has 3 heteroatoms. The molecule has 1 saturated heterocycles. The first-order valence-electron chi connectivity index (χ1n) is 7.31. The van der Waals surface area contributed by atoms with Gasteiger partial charge in [-0.15, -0.1) is 0 Å². The van der Waals surface area contributed by atoms with E-state index in [1.54, 1.807) is 0 Å². The molecule has 2 aliphatic rings. The highest BCUT2D eigenvalue weighted by molar-refractivity contribution is 7.07. The van der Waals surface area contributed by atoms with Crippen LogP contribution in [0.2, 0.25) is 0 Å². The van der Waals surface area contributed by atoms with Crippen molar-refractivity contribution in [1.82, 2.24) is 10.2 Å². The van der Waals surface area contributed by atoms with Crippen LogP contribution in [-0.2, 0) is 6.54 Å². The molecule has 2 heterocycles. The van der Waals surface area contributed by atoms with Gasteiger partial charge in [0.2, 0.25) is 0 Å². The Balaban J connectivity index is 1.59. The number of nitrogens with one attached hydrogen (secondary N) is 1. The Morgan fingerprint density at radius 2 is 2.28 bits per heavy atom. The molecular weight excluding hydrogens is 240 g/mol. The van der Waals surface area contributed by atoms with E-state index in [0.717, 1.165) is 18.5 Å². The average molecular weight is 264 g/mol. The quantitative estimate of drug-likeness (QED) is 0.879. The van der Waals surface area contributed by atoms with Gasteiger partial charge in [0.15, 0.2) is 0 Å². The Morgan fingerprint density at radius 3 is 2.94 bits per heavy atom. The second-order valence-electron chi connectivity index (χ2n) is 5.97. The van der Waals surface area contributed by atoms with Crippen LogP contribution in [0.15, 0.2) is 16.8 Å². The molecule has 1 saturated carbocycles. The molecule has 3 rings (SSSR count). The van der Waals surface area contributed by atoms with Gasteiger partial charge in [0.1, 0.15) is 0 Å². The SMILES string of the molecule is CC1CCCNC1CN(Cc1ccsc1)C1CC1. The summed E-state index contributed by atoms with van der Waals surface area (Å²) in [5.41, 5.74) is 1.50. The minimum absolute atomic E-state index is 0.706. The predicted octanol–water partition coefficient (Wildman–Crippen LogP) is 3.10. The summed E-state index contributed by atoms with van der Waals surface area (Å²) in [7, 11) is 0. The first-order valence-corrected chi connectivity index (χ1v) is 8.26. The first-order chi connectivity index (χ1) is 8.83. The Labute approximate surface area is 114 Å². The van der Waals surface area contributed by atoms with E-state index < -0.39 is 0 Å². The van der Waals surface area contributed by atoms with Crippen molar-refractivity contribution >= 4 is 11.3 Å². The third kappa shape index (κ3) is 3.14. The molecule has 0 bridgehead atoms. The van der Waals surface area contributed by atoms with Crippen LogP contribution < -0.4 is 5.32 Å². The summed E-state index contributed by atoms with van der Waals surface area (Å²) in [6.07, 6.45) is 5.57. The topological polar surface area (TPSA) is 15.3 Å². The summed E-state index contributed by atoms with van der Waals surface area (Å²) in [5.74, 6) is 0.836. The minimum atomic E-state index is 0.706. The maximum Gasteiger partial charge on any atom is 0.0245 e. The van der Waals surface area contributed by atoms with Crippen molar-refractivity contribution < 1.29 is 0 Å². The van der Waals surface area contributed by atoms with Crippen LogP contribution in [0.5, 0.6) is 0 Å². The molecule has 0 spiro atoms. The molecule has 1 aromatic rings. The molecule has 2 nitrogen and oxygen atoms in total. The number of hydrogen-bond acceptors (Lipinski definition) is 3. The van der Waals surface area contributed by atoms with E-state index in [2.05, 4.69) is 34.0 Å². The Bertz CT molecular complexity index is 359. The fourth-order valence-corrected chi connectivity index (χ4v) is 3.67. The second kappa shape index (κ2) is 5.72. The number of hydrogen-bond donors (Lipinski definition) is 1. The van der Waals surface area contributed by atoms with Crippen LogP contribution in [0, 0.1) is 5.92 Å². The normalized spacial score (nSPS) is 28.8. The lowest BCUT2D eigenvalue weighted by Crippen LogP contribution is -2.48. The standard InChI is InChI=1S/C15H24N2S/c1-12-3-2-7-16-15(12)10-17(14-4-5-14)9-13-6-8-18-11-13/h6,8,11-12,14-16H,2-5,7,9-10H2,1H3. The zero-order valence-electron chi connectivity index (χ0n) is 11.3. The highest BCUT2D eigenvalue weighted by Gasteiger charge is 2.32. The van der Waals surface area contributed by atoms with E-state index in [1.807, 2.05) is 11.3 Å². The van der Waals surface area contributed by atoms with Crippen molar-refractivity contribution in [2.45, 2.75) is 51.2 Å². The summed E-state index contributed by atoms with van der Waals surface area (Å²) in [6.45, 7) is 6.01. The number of nitrogens with zero attached hydrogens (tertiary/aromatic N) is 1. The second-order valence-corrected chi connectivity index (χ2v) is 6.75. The summed E-state index contributed by atoms with van der Waals surface area (Å²) in [5, 5.41) is 8.22. The molecule has 1 N–H and O–H groups in total. The molecule has 18 heavy (non-hydrogen) atoms. The highest BCUT2D eigenvalue weighted by Crippen LogP contribution is 2.30. The van der Waals surface area contributed by atoms with Gasteiger partial charge >= 0.3 is 0 Å². The molecular formula is C15H24N2S. The molecule has 2 fully saturated rings. The van der Waals surface area contributed by atoms with Crippen molar-refractivity contribution in [3.05, 3.63) is 22.4 Å². The lowest BCUT2D eigenvalue weighted by atomic mass is 9.92. The molecule has 1 aliphatic carbocycles. The van der Waals surface area contributed by atoms with Gasteiger partial charge in [0.25, 0.3) is 0 Å². The van der Waals surface area contributed by atoms with Crippen LogP contribution in [0.25, 0.3) is 0 Å². The third-order valence-corrected chi connectivity index (χ3v) is 5.12. The van der Waals surface area contributed by atoms with Gasteiger partial charge in [-0.3, -0.25) is 4.90 Å². The molecule has 2 atom stereocenters. The number of rotatable bonds is 5. The van der Waals surface area contributed by atoms with E-state index in [-0.39, 0.29) is 0 Å². The largest absolute Gasteiger partial charge is 0.312 e. The summed E-state index contributed by atoms with van der Waals surface area (Å²) in [4.78, 5) is 2.71. The van der Waals surface area contributed by atoms with Gasteiger partial charge < -0.3 is 5.32 Å². The van der Waals surface area contributed by atoms with Crippen molar-refractivity contribution in [3.8, 4) is 0 Å². The maximum absolute atomic E-state index is 3.72. The molecule has 1 aromatic heterocycles. The van der Waals surface area contributed by atoms with Gasteiger partial charge in [-0.2, -0.15) is 11.3 Å². The van der Waals surface area contributed by atoms with Crippen molar-refractivity contribution in [3.63, 3.8) is 0 Å². The third-order valence-electron chi connectivity index (χ3n) is 4.39. The molecule has 2 unspecified atom stereocenters. The summed E-state index contributed by atoms with van der Waals surface area (Å²) < 4.78 is 0. The zero-order valence-corrected chi connectivity index (χ0v) is 12.1. The smallest absolute Gasteiger partial charge is 0.0245 e. The van der Waals surface area contributed by atoms with Crippen molar-refractivity contribution in [2.75, 3.05) is 13.1 Å². The van der Waals surface area contributed by atoms with E-state index in [0.29, 0.717) is 6.04 Å². The first kappa shape index (κ1) is 12.6. The molecule has 1 aliphatic heterocycles. The summed E-state index contributed by atoms with van der Waals surface area (Å²) >= 11 is 1.82. The Morgan fingerprint density at radius 1 is 1.39 bits per heavy atom. The maximum atomic E-state index is 3.72. The van der Waals surface area contributed by atoms with Gasteiger partial charge in [-0.1, -0.05) is 6.92 Å². The van der Waals surface area contributed by atoms with Gasteiger partial charge in [0.05, 0.1) is 0 Å². The zero-order chi connectivity index (χ0) is 12.4. The molecule has 0 radical (unpaired) electrons. The van der Waals surface area contributed by atoms with Crippen LogP contribution in [0.3, 0.4) is 0 Å². The fraction of sp³-hybridized carbons (Fsp3) is 0.733. The van der Waals surface area contributed by atoms with Gasteiger partial charge in [-0.25, -0.2) is 0 Å². The van der Waals surface area contributed by atoms with Gasteiger partial charge in [0, 0.05) is 25.2 Å². The van der Waals surface area contributed by atoms with Crippen LogP contribution in [0.4, 0.5) is 0 Å². The predicted molar refractivity (Wildman–Crippen MR) is 77.9 cm³/mol. The Kier molecular flexibility index (Phi) is 4.02. The van der Waals surface area contributed by atoms with E-state index in [1.165, 1.54) is 44.3 Å². The van der Waals surface area contributed by atoms with Crippen molar-refractivity contribution in [1.29, 1.82) is 0 Å². The molecule has 100 valence electrons. The summed E-state index contributed by atoms with van der Waals surface area (Å²) in [6, 6.07) is 3.84. The minimum Gasteiger partial charge on any atom is -0.312 e. The Hall–Kier alpha value is -0.380. The van der Waals surface area contributed by atoms with Gasteiger partial charge in [-0.05, 0) is 60.5 Å². The lowest BCUT2D eigenvalue weighted by molar-refractivity contribution is 0.178.